The van der Waals surface area contributed by atoms with Gasteiger partial charge in [-0.25, -0.2) is 0 Å². The van der Waals surface area contributed by atoms with E-state index >= 15 is 0 Å². The first-order valence-corrected chi connectivity index (χ1v) is 5.04. The summed E-state index contributed by atoms with van der Waals surface area (Å²) in [6.07, 6.45) is 1.32. The standard InChI is InChI=1S/C11H13ClO/c1-7-5-10-6-9(8(2)12)3-4-11(10)13-7/h3-4,6-8H,5H2,1-2H3. The molecule has 0 aromatic heterocycles. The van der Waals surface area contributed by atoms with Gasteiger partial charge in [-0.05, 0) is 31.0 Å². The molecule has 0 radical (unpaired) electrons. The largest absolute Gasteiger partial charge is 0.490 e. The molecule has 0 saturated carbocycles. The molecule has 1 aliphatic rings. The Balaban J connectivity index is 2.35. The van der Waals surface area contributed by atoms with Gasteiger partial charge in [0.2, 0.25) is 0 Å². The molecule has 0 bridgehead atoms. The number of hydrogen-bond acceptors (Lipinski definition) is 1. The second kappa shape index (κ2) is 3.22. The van der Waals surface area contributed by atoms with E-state index in [-0.39, 0.29) is 5.38 Å². The lowest BCUT2D eigenvalue weighted by atomic mass is 10.1. The van der Waals surface area contributed by atoms with E-state index in [2.05, 4.69) is 13.0 Å². The Kier molecular flexibility index (Phi) is 2.20. The number of halogens is 1. The van der Waals surface area contributed by atoms with Gasteiger partial charge in [0.25, 0.3) is 0 Å². The van der Waals surface area contributed by atoms with Crippen molar-refractivity contribution in [1.82, 2.24) is 0 Å². The molecule has 0 N–H and O–H groups in total. The monoisotopic (exact) mass is 196 g/mol. The summed E-state index contributed by atoms with van der Waals surface area (Å²) >= 11 is 6.00. The van der Waals surface area contributed by atoms with E-state index in [1.807, 2.05) is 19.1 Å². The van der Waals surface area contributed by atoms with Crippen LogP contribution in [-0.4, -0.2) is 6.10 Å². The van der Waals surface area contributed by atoms with E-state index in [1.54, 1.807) is 0 Å². The van der Waals surface area contributed by atoms with Crippen LogP contribution < -0.4 is 4.74 Å². The minimum absolute atomic E-state index is 0.0845. The van der Waals surface area contributed by atoms with Crippen LogP contribution in [0.15, 0.2) is 18.2 Å². The van der Waals surface area contributed by atoms with Gasteiger partial charge in [0, 0.05) is 6.42 Å². The van der Waals surface area contributed by atoms with Crippen LogP contribution in [0.1, 0.15) is 30.4 Å². The van der Waals surface area contributed by atoms with E-state index in [0.29, 0.717) is 6.10 Å². The Morgan fingerprint density at radius 3 is 3.00 bits per heavy atom. The van der Waals surface area contributed by atoms with E-state index < -0.39 is 0 Å². The van der Waals surface area contributed by atoms with Crippen LogP contribution in [0.5, 0.6) is 5.75 Å². The van der Waals surface area contributed by atoms with Gasteiger partial charge >= 0.3 is 0 Å². The summed E-state index contributed by atoms with van der Waals surface area (Å²) < 4.78 is 5.60. The molecule has 0 aliphatic carbocycles. The minimum Gasteiger partial charge on any atom is -0.490 e. The Morgan fingerprint density at radius 1 is 1.54 bits per heavy atom. The molecule has 70 valence electrons. The Labute approximate surface area is 83.7 Å². The molecule has 0 saturated heterocycles. The second-order valence-corrected chi connectivity index (χ2v) is 4.27. The van der Waals surface area contributed by atoms with Crippen molar-refractivity contribution >= 4 is 11.6 Å². The summed E-state index contributed by atoms with van der Waals surface area (Å²) in [4.78, 5) is 0. The highest BCUT2D eigenvalue weighted by molar-refractivity contribution is 6.20. The normalized spacial score (nSPS) is 22.2. The summed E-state index contributed by atoms with van der Waals surface area (Å²) in [5.41, 5.74) is 2.47. The highest BCUT2D eigenvalue weighted by Gasteiger charge is 2.19. The minimum atomic E-state index is 0.0845. The van der Waals surface area contributed by atoms with Gasteiger partial charge in [-0.2, -0.15) is 0 Å². The Morgan fingerprint density at radius 2 is 2.31 bits per heavy atom. The van der Waals surface area contributed by atoms with Crippen LogP contribution in [0.3, 0.4) is 0 Å². The molecule has 0 amide bonds. The third kappa shape index (κ3) is 1.66. The molecule has 1 nitrogen and oxygen atoms in total. The van der Waals surface area contributed by atoms with Gasteiger partial charge in [0.05, 0.1) is 5.38 Å². The third-order valence-corrected chi connectivity index (χ3v) is 2.63. The van der Waals surface area contributed by atoms with Crippen LogP contribution in [-0.2, 0) is 6.42 Å². The first-order valence-electron chi connectivity index (χ1n) is 4.60. The predicted molar refractivity (Wildman–Crippen MR) is 54.5 cm³/mol. The number of ether oxygens (including phenoxy) is 1. The fourth-order valence-corrected chi connectivity index (χ4v) is 1.83. The fraction of sp³-hybridized carbons (Fsp3) is 0.455. The van der Waals surface area contributed by atoms with Crippen molar-refractivity contribution in [3.05, 3.63) is 29.3 Å². The molecule has 2 rings (SSSR count). The van der Waals surface area contributed by atoms with Crippen molar-refractivity contribution < 1.29 is 4.74 Å². The van der Waals surface area contributed by atoms with Crippen LogP contribution in [0.2, 0.25) is 0 Å². The van der Waals surface area contributed by atoms with Gasteiger partial charge in [0.1, 0.15) is 11.9 Å². The van der Waals surface area contributed by atoms with Crippen LogP contribution >= 0.6 is 11.6 Å². The van der Waals surface area contributed by atoms with Gasteiger partial charge in [0.15, 0.2) is 0 Å². The smallest absolute Gasteiger partial charge is 0.123 e. The molecule has 2 atom stereocenters. The summed E-state index contributed by atoms with van der Waals surface area (Å²) in [7, 11) is 0. The summed E-state index contributed by atoms with van der Waals surface area (Å²) in [6.45, 7) is 4.08. The molecule has 13 heavy (non-hydrogen) atoms. The number of fused-ring (bicyclic) bond motifs is 1. The van der Waals surface area contributed by atoms with E-state index in [0.717, 1.165) is 12.2 Å². The van der Waals surface area contributed by atoms with Crippen LogP contribution in [0, 0.1) is 0 Å². The molecule has 0 fully saturated rings. The zero-order valence-corrected chi connectivity index (χ0v) is 8.64. The molecule has 1 aromatic rings. The van der Waals surface area contributed by atoms with Gasteiger partial charge < -0.3 is 4.74 Å². The molecular formula is C11H13ClO. The maximum absolute atomic E-state index is 6.00. The number of benzene rings is 1. The van der Waals surface area contributed by atoms with E-state index in [9.17, 15) is 0 Å². The number of hydrogen-bond donors (Lipinski definition) is 0. The van der Waals surface area contributed by atoms with Crippen LogP contribution in [0.25, 0.3) is 0 Å². The van der Waals surface area contributed by atoms with E-state index in [1.165, 1.54) is 11.1 Å². The fourth-order valence-electron chi connectivity index (χ4n) is 1.69. The molecular weight excluding hydrogens is 184 g/mol. The summed E-state index contributed by atoms with van der Waals surface area (Å²) in [6, 6.07) is 6.21. The lowest BCUT2D eigenvalue weighted by Gasteiger charge is -2.05. The quantitative estimate of drug-likeness (QED) is 0.627. The Hall–Kier alpha value is -0.690. The van der Waals surface area contributed by atoms with E-state index in [4.69, 9.17) is 16.3 Å². The molecule has 1 aliphatic heterocycles. The van der Waals surface area contributed by atoms with Gasteiger partial charge in [-0.1, -0.05) is 12.1 Å². The zero-order valence-electron chi connectivity index (χ0n) is 7.88. The van der Waals surface area contributed by atoms with Crippen molar-refractivity contribution in [2.24, 2.45) is 0 Å². The van der Waals surface area contributed by atoms with Crippen molar-refractivity contribution in [3.63, 3.8) is 0 Å². The zero-order chi connectivity index (χ0) is 9.42. The molecule has 2 heteroatoms. The third-order valence-electron chi connectivity index (χ3n) is 2.38. The summed E-state index contributed by atoms with van der Waals surface area (Å²) in [5.74, 6) is 1.02. The highest BCUT2D eigenvalue weighted by Crippen LogP contribution is 2.32. The molecule has 2 unspecified atom stereocenters. The average molecular weight is 197 g/mol. The van der Waals surface area contributed by atoms with Gasteiger partial charge in [-0.15, -0.1) is 11.6 Å². The molecule has 1 heterocycles. The maximum Gasteiger partial charge on any atom is 0.123 e. The maximum atomic E-state index is 6.00. The topological polar surface area (TPSA) is 9.23 Å². The number of rotatable bonds is 1. The molecule has 1 aromatic carbocycles. The lowest BCUT2D eigenvalue weighted by Crippen LogP contribution is -2.05. The first kappa shape index (κ1) is 8.89. The number of alkyl halides is 1. The van der Waals surface area contributed by atoms with Crippen molar-refractivity contribution in [1.29, 1.82) is 0 Å². The van der Waals surface area contributed by atoms with Crippen molar-refractivity contribution in [2.45, 2.75) is 31.7 Å². The predicted octanol–water partition coefficient (Wildman–Crippen LogP) is 3.31. The summed E-state index contributed by atoms with van der Waals surface area (Å²) in [5, 5.41) is 0.0845. The first-order chi connectivity index (χ1) is 6.16. The Bertz CT molecular complexity index is 320. The average Bonchev–Trinajstić information content (AvgIpc) is 2.42. The van der Waals surface area contributed by atoms with Crippen LogP contribution in [0.4, 0.5) is 0 Å². The van der Waals surface area contributed by atoms with Gasteiger partial charge in [-0.3, -0.25) is 0 Å². The lowest BCUT2D eigenvalue weighted by molar-refractivity contribution is 0.254. The second-order valence-electron chi connectivity index (χ2n) is 3.62. The molecule has 0 spiro atoms. The highest BCUT2D eigenvalue weighted by atomic mass is 35.5. The van der Waals surface area contributed by atoms with Crippen molar-refractivity contribution in [3.8, 4) is 5.75 Å². The van der Waals surface area contributed by atoms with Crippen molar-refractivity contribution in [2.75, 3.05) is 0 Å². The SMILES string of the molecule is CC1Cc2cc(C(C)Cl)ccc2O1.